The van der Waals surface area contributed by atoms with Gasteiger partial charge in [-0.1, -0.05) is 30.0 Å². The Balaban J connectivity index is 1.76. The van der Waals surface area contributed by atoms with Crippen LogP contribution in [0.5, 0.6) is 0 Å². The van der Waals surface area contributed by atoms with Gasteiger partial charge in [0, 0.05) is 0 Å². The first-order valence-corrected chi connectivity index (χ1v) is 11.1. The van der Waals surface area contributed by atoms with Crippen molar-refractivity contribution in [2.75, 3.05) is 11.1 Å². The Kier molecular flexibility index (Phi) is 6.69. The summed E-state index contributed by atoms with van der Waals surface area (Å²) in [7, 11) is -4.58. The molecule has 32 heavy (non-hydrogen) atoms. The summed E-state index contributed by atoms with van der Waals surface area (Å²) in [6.07, 6.45) is -4.06. The number of carbonyl (C=O) groups is 1. The predicted octanol–water partition coefficient (Wildman–Crippen LogP) is 3.49. The Hall–Kier alpha value is -3.19. The molecule has 0 aliphatic rings. The van der Waals surface area contributed by atoms with Gasteiger partial charge in [0.05, 0.1) is 28.1 Å². The number of amides is 1. The van der Waals surface area contributed by atoms with Crippen molar-refractivity contribution in [2.45, 2.75) is 21.1 Å². The smallest absolute Gasteiger partial charge is 0.323 e. The van der Waals surface area contributed by atoms with Crippen LogP contribution >= 0.6 is 11.8 Å². The summed E-state index contributed by atoms with van der Waals surface area (Å²) in [6, 6.07) is 8.45. The van der Waals surface area contributed by atoms with E-state index in [4.69, 9.17) is 0 Å². The van der Waals surface area contributed by atoms with E-state index in [2.05, 4.69) is 15.3 Å². The van der Waals surface area contributed by atoms with E-state index < -0.39 is 48.7 Å². The van der Waals surface area contributed by atoms with Crippen LogP contribution < -0.4 is 10.9 Å². The number of H-pyrrole nitrogens is 1. The molecular weight excluding hydrogens is 474 g/mol. The van der Waals surface area contributed by atoms with E-state index in [1.54, 1.807) is 0 Å². The van der Waals surface area contributed by atoms with Crippen molar-refractivity contribution >= 4 is 33.2 Å². The molecule has 0 radical (unpaired) electrons. The summed E-state index contributed by atoms with van der Waals surface area (Å²) >= 11 is 0.744. The molecular formula is C19H13F4N3O4S2. The number of benzene rings is 2. The summed E-state index contributed by atoms with van der Waals surface area (Å²) in [6.45, 7) is 0. The monoisotopic (exact) mass is 487 g/mol. The van der Waals surface area contributed by atoms with Gasteiger partial charge in [-0.2, -0.15) is 13.2 Å². The molecule has 1 heterocycles. The molecule has 0 aliphatic heterocycles. The fourth-order valence-corrected chi connectivity index (χ4v) is 4.39. The van der Waals surface area contributed by atoms with E-state index in [-0.39, 0.29) is 16.6 Å². The van der Waals surface area contributed by atoms with Crippen LogP contribution in [0.25, 0.3) is 0 Å². The summed E-state index contributed by atoms with van der Waals surface area (Å²) < 4.78 is 77.4. The molecule has 0 saturated carbocycles. The average Bonchev–Trinajstić information content (AvgIpc) is 2.73. The highest BCUT2D eigenvalue weighted by molar-refractivity contribution is 7.99. The van der Waals surface area contributed by atoms with Gasteiger partial charge in [0.1, 0.15) is 5.82 Å². The van der Waals surface area contributed by atoms with Crippen molar-refractivity contribution in [3.8, 4) is 0 Å². The Bertz CT molecular complexity index is 1320. The first-order chi connectivity index (χ1) is 15.0. The van der Waals surface area contributed by atoms with E-state index in [0.717, 1.165) is 30.0 Å². The number of hydrogen-bond acceptors (Lipinski definition) is 6. The molecule has 168 valence electrons. The highest BCUT2D eigenvalue weighted by atomic mass is 32.2. The van der Waals surface area contributed by atoms with Crippen LogP contribution in [0, 0.1) is 5.82 Å². The maximum absolute atomic E-state index is 13.6. The Morgan fingerprint density at radius 1 is 1.12 bits per heavy atom. The number of carbonyl (C=O) groups excluding carboxylic acids is 1. The van der Waals surface area contributed by atoms with Gasteiger partial charge in [-0.3, -0.25) is 9.59 Å². The first kappa shape index (κ1) is 23.5. The van der Waals surface area contributed by atoms with E-state index in [0.29, 0.717) is 18.3 Å². The number of nitrogens with zero attached hydrogens (tertiary/aromatic N) is 1. The molecule has 0 saturated heterocycles. The van der Waals surface area contributed by atoms with Crippen LogP contribution in [0.15, 0.2) is 74.5 Å². The summed E-state index contributed by atoms with van der Waals surface area (Å²) in [4.78, 5) is 28.6. The number of nitrogens with one attached hydrogen (secondary N) is 2. The first-order valence-electron chi connectivity index (χ1n) is 8.67. The maximum Gasteiger partial charge on any atom is 0.416 e. The average molecular weight is 487 g/mol. The van der Waals surface area contributed by atoms with Crippen molar-refractivity contribution in [2.24, 2.45) is 0 Å². The minimum atomic E-state index is -4.76. The van der Waals surface area contributed by atoms with E-state index in [1.807, 2.05) is 0 Å². The fourth-order valence-electron chi connectivity index (χ4n) is 2.48. The van der Waals surface area contributed by atoms with Crippen molar-refractivity contribution < 1.29 is 30.8 Å². The minimum Gasteiger partial charge on any atom is -0.323 e. The molecule has 0 bridgehead atoms. The predicted molar refractivity (Wildman–Crippen MR) is 108 cm³/mol. The maximum atomic E-state index is 13.6. The minimum absolute atomic E-state index is 0.0397. The number of halogens is 4. The molecule has 3 rings (SSSR count). The highest BCUT2D eigenvalue weighted by Gasteiger charge is 2.32. The summed E-state index contributed by atoms with van der Waals surface area (Å²) in [5.41, 5.74) is -2.34. The van der Waals surface area contributed by atoms with Crippen molar-refractivity contribution in [3.63, 3.8) is 0 Å². The number of para-hydroxylation sites is 1. The number of alkyl halides is 3. The Morgan fingerprint density at radius 2 is 1.84 bits per heavy atom. The van der Waals surface area contributed by atoms with Crippen molar-refractivity contribution in [3.05, 3.63) is 76.5 Å². The van der Waals surface area contributed by atoms with Crippen LogP contribution in [-0.2, 0) is 20.8 Å². The molecule has 0 unspecified atom stereocenters. The number of thioether (sulfide) groups is 1. The number of rotatable bonds is 6. The van der Waals surface area contributed by atoms with Gasteiger partial charge in [-0.15, -0.1) is 0 Å². The molecule has 3 aromatic rings. The molecule has 0 spiro atoms. The molecule has 2 N–H and O–H groups in total. The summed E-state index contributed by atoms with van der Waals surface area (Å²) in [5, 5.41) is 2.22. The molecule has 0 aliphatic carbocycles. The van der Waals surface area contributed by atoms with Crippen LogP contribution in [0.1, 0.15) is 5.56 Å². The Morgan fingerprint density at radius 3 is 2.50 bits per heavy atom. The quantitative estimate of drug-likeness (QED) is 0.313. The highest BCUT2D eigenvalue weighted by Crippen LogP contribution is 2.31. The molecule has 7 nitrogen and oxygen atoms in total. The van der Waals surface area contributed by atoms with Crippen LogP contribution in [0.2, 0.25) is 0 Å². The van der Waals surface area contributed by atoms with Crippen molar-refractivity contribution in [1.82, 2.24) is 9.97 Å². The van der Waals surface area contributed by atoms with Crippen LogP contribution in [0.4, 0.5) is 23.2 Å². The molecule has 0 fully saturated rings. The normalized spacial score (nSPS) is 11.9. The number of aromatic nitrogens is 2. The topological polar surface area (TPSA) is 109 Å². The standard InChI is InChI=1S/C19H13F4N3O4S2/c20-13-6-1-2-7-14(13)25-16(27)10-31-18-24-9-15(17(28)26-18)32(29,30)12-5-3-4-11(8-12)19(21,22)23/h1-9H,10H2,(H,25,27)(H,24,26,28). The third-order valence-corrected chi connectivity index (χ3v) is 6.62. The van der Waals surface area contributed by atoms with Gasteiger partial charge in [0.15, 0.2) is 10.1 Å². The van der Waals surface area contributed by atoms with E-state index >= 15 is 0 Å². The molecule has 1 aromatic heterocycles. The van der Waals surface area contributed by atoms with Crippen LogP contribution in [-0.4, -0.2) is 30.0 Å². The van der Waals surface area contributed by atoms with Gasteiger partial charge in [0.2, 0.25) is 15.7 Å². The second kappa shape index (κ2) is 9.12. The van der Waals surface area contributed by atoms with Gasteiger partial charge in [0.25, 0.3) is 5.56 Å². The number of aromatic amines is 1. The molecule has 1 amide bonds. The third kappa shape index (κ3) is 5.34. The number of hydrogen-bond donors (Lipinski definition) is 2. The lowest BCUT2D eigenvalue weighted by atomic mass is 10.2. The second-order valence-corrected chi connectivity index (χ2v) is 9.11. The van der Waals surface area contributed by atoms with E-state index in [1.165, 1.54) is 18.2 Å². The molecule has 0 atom stereocenters. The largest absolute Gasteiger partial charge is 0.416 e. The van der Waals surface area contributed by atoms with Gasteiger partial charge in [-0.05, 0) is 30.3 Å². The lowest BCUT2D eigenvalue weighted by molar-refractivity contribution is -0.137. The second-order valence-electron chi connectivity index (χ2n) is 6.23. The molecule has 13 heteroatoms. The van der Waals surface area contributed by atoms with Crippen LogP contribution in [0.3, 0.4) is 0 Å². The van der Waals surface area contributed by atoms with Gasteiger partial charge < -0.3 is 10.3 Å². The molecule has 2 aromatic carbocycles. The third-order valence-electron chi connectivity index (χ3n) is 3.99. The summed E-state index contributed by atoms with van der Waals surface area (Å²) in [5.74, 6) is -1.53. The van der Waals surface area contributed by atoms with Gasteiger partial charge in [-0.25, -0.2) is 17.8 Å². The lowest BCUT2D eigenvalue weighted by Crippen LogP contribution is -2.20. The number of sulfone groups is 1. The Labute approximate surface area is 182 Å². The van der Waals surface area contributed by atoms with Gasteiger partial charge >= 0.3 is 6.18 Å². The number of anilines is 1. The van der Waals surface area contributed by atoms with Crippen molar-refractivity contribution in [1.29, 1.82) is 0 Å². The zero-order valence-electron chi connectivity index (χ0n) is 15.8. The zero-order valence-corrected chi connectivity index (χ0v) is 17.4. The fraction of sp³-hybridized carbons (Fsp3) is 0.105. The zero-order chi connectivity index (χ0) is 23.5. The van der Waals surface area contributed by atoms with E-state index in [9.17, 15) is 35.6 Å². The SMILES string of the molecule is O=C(CSc1ncc(S(=O)(=O)c2cccc(C(F)(F)F)c2)c(=O)[nH]1)Nc1ccccc1F. The lowest BCUT2D eigenvalue weighted by Gasteiger charge is -2.09.